The summed E-state index contributed by atoms with van der Waals surface area (Å²) in [5.41, 5.74) is 10.6. The highest BCUT2D eigenvalue weighted by Gasteiger charge is 2.13. The van der Waals surface area contributed by atoms with Gasteiger partial charge in [-0.15, -0.1) is 0 Å². The summed E-state index contributed by atoms with van der Waals surface area (Å²) in [6.45, 7) is 2.65. The highest BCUT2D eigenvalue weighted by Crippen LogP contribution is 2.28. The number of rotatable bonds is 3. The summed E-state index contributed by atoms with van der Waals surface area (Å²) in [5, 5.41) is 7.76. The average molecular weight is 269 g/mol. The van der Waals surface area contributed by atoms with E-state index >= 15 is 0 Å². The number of nitrogen functional groups attached to an aromatic ring is 1. The standard InChI is InChI=1S/C14H15N5O/c1-9-4-3-5-10(16-9)8-19(2)12-7-6-11(15)13-14(12)18-20-17-13/h3-7H,8,15H2,1-2H3. The lowest BCUT2D eigenvalue weighted by atomic mass is 10.2. The van der Waals surface area contributed by atoms with Gasteiger partial charge in [0.25, 0.3) is 0 Å². The molecule has 0 spiro atoms. The zero-order chi connectivity index (χ0) is 14.1. The Labute approximate surface area is 116 Å². The van der Waals surface area contributed by atoms with E-state index in [0.29, 0.717) is 23.3 Å². The molecule has 0 radical (unpaired) electrons. The molecule has 0 aliphatic carbocycles. The molecule has 0 saturated heterocycles. The largest absolute Gasteiger partial charge is 0.397 e. The van der Waals surface area contributed by atoms with Gasteiger partial charge in [0.15, 0.2) is 11.0 Å². The smallest absolute Gasteiger partial charge is 0.160 e. The summed E-state index contributed by atoms with van der Waals surface area (Å²) < 4.78 is 4.78. The first-order valence-electron chi connectivity index (χ1n) is 6.29. The minimum Gasteiger partial charge on any atom is -0.397 e. The maximum Gasteiger partial charge on any atom is 0.160 e. The molecule has 3 aromatic rings. The van der Waals surface area contributed by atoms with E-state index < -0.39 is 0 Å². The second-order valence-corrected chi connectivity index (χ2v) is 4.76. The van der Waals surface area contributed by atoms with E-state index in [4.69, 9.17) is 10.4 Å². The highest BCUT2D eigenvalue weighted by atomic mass is 16.6. The van der Waals surface area contributed by atoms with Crippen molar-refractivity contribution in [1.82, 2.24) is 15.3 Å². The molecule has 6 heteroatoms. The summed E-state index contributed by atoms with van der Waals surface area (Å²) in [5.74, 6) is 0. The Morgan fingerprint density at radius 3 is 2.75 bits per heavy atom. The second kappa shape index (κ2) is 4.80. The van der Waals surface area contributed by atoms with Crippen LogP contribution in [0.1, 0.15) is 11.4 Å². The van der Waals surface area contributed by atoms with Gasteiger partial charge in [-0.05, 0) is 41.5 Å². The summed E-state index contributed by atoms with van der Waals surface area (Å²) >= 11 is 0. The molecule has 20 heavy (non-hydrogen) atoms. The van der Waals surface area contributed by atoms with Crippen LogP contribution in [0.5, 0.6) is 0 Å². The molecule has 102 valence electrons. The van der Waals surface area contributed by atoms with Crippen molar-refractivity contribution in [2.75, 3.05) is 17.7 Å². The Bertz CT molecular complexity index is 752. The number of aromatic nitrogens is 3. The topological polar surface area (TPSA) is 81.1 Å². The molecule has 0 unspecified atom stereocenters. The molecule has 0 fully saturated rings. The van der Waals surface area contributed by atoms with E-state index in [-0.39, 0.29) is 0 Å². The van der Waals surface area contributed by atoms with Crippen LogP contribution in [-0.2, 0) is 6.54 Å². The van der Waals surface area contributed by atoms with Gasteiger partial charge in [-0.2, -0.15) is 0 Å². The summed E-state index contributed by atoms with van der Waals surface area (Å²) in [6, 6.07) is 9.70. The molecule has 0 bridgehead atoms. The van der Waals surface area contributed by atoms with Crippen LogP contribution in [0.3, 0.4) is 0 Å². The van der Waals surface area contributed by atoms with Crippen molar-refractivity contribution >= 4 is 22.4 Å². The van der Waals surface area contributed by atoms with Gasteiger partial charge in [0.2, 0.25) is 0 Å². The third-order valence-electron chi connectivity index (χ3n) is 3.18. The Morgan fingerprint density at radius 1 is 1.15 bits per heavy atom. The van der Waals surface area contributed by atoms with Gasteiger partial charge in [-0.1, -0.05) is 6.07 Å². The maximum absolute atomic E-state index is 5.85. The molecule has 0 aliphatic heterocycles. The normalized spacial score (nSPS) is 10.9. The van der Waals surface area contributed by atoms with Crippen molar-refractivity contribution in [3.63, 3.8) is 0 Å². The van der Waals surface area contributed by atoms with Crippen LogP contribution in [0.2, 0.25) is 0 Å². The van der Waals surface area contributed by atoms with Gasteiger partial charge in [0.05, 0.1) is 23.6 Å². The minimum absolute atomic E-state index is 0.562. The second-order valence-electron chi connectivity index (χ2n) is 4.76. The monoisotopic (exact) mass is 269 g/mol. The Hall–Kier alpha value is -2.63. The van der Waals surface area contributed by atoms with Crippen molar-refractivity contribution in [2.45, 2.75) is 13.5 Å². The molecule has 1 aromatic carbocycles. The first-order chi connectivity index (χ1) is 9.65. The van der Waals surface area contributed by atoms with Gasteiger partial charge in [0, 0.05) is 12.7 Å². The zero-order valence-electron chi connectivity index (χ0n) is 11.4. The lowest BCUT2D eigenvalue weighted by Crippen LogP contribution is -2.17. The van der Waals surface area contributed by atoms with Crippen molar-refractivity contribution in [3.8, 4) is 0 Å². The molecular formula is C14H15N5O. The lowest BCUT2D eigenvalue weighted by molar-refractivity contribution is 0.315. The number of nitrogens with two attached hydrogens (primary N) is 1. The summed E-state index contributed by atoms with van der Waals surface area (Å²) in [6.07, 6.45) is 0. The van der Waals surface area contributed by atoms with Crippen LogP contribution in [-0.4, -0.2) is 22.3 Å². The number of hydrogen-bond acceptors (Lipinski definition) is 6. The van der Waals surface area contributed by atoms with Gasteiger partial charge >= 0.3 is 0 Å². The fraction of sp³-hybridized carbons (Fsp3) is 0.214. The number of pyridine rings is 1. The lowest BCUT2D eigenvalue weighted by Gasteiger charge is -2.19. The van der Waals surface area contributed by atoms with E-state index in [1.807, 2.05) is 49.2 Å². The average Bonchev–Trinajstić information content (AvgIpc) is 2.89. The van der Waals surface area contributed by atoms with Crippen LogP contribution in [0.15, 0.2) is 35.0 Å². The maximum atomic E-state index is 5.85. The van der Waals surface area contributed by atoms with Crippen LogP contribution < -0.4 is 10.6 Å². The minimum atomic E-state index is 0.562. The SMILES string of the molecule is Cc1cccc(CN(C)c2ccc(N)c3nonc23)n1. The highest BCUT2D eigenvalue weighted by molar-refractivity contribution is 5.95. The molecule has 0 aliphatic rings. The molecular weight excluding hydrogens is 254 g/mol. The van der Waals surface area contributed by atoms with Gasteiger partial charge in [0.1, 0.15) is 0 Å². The number of fused-ring (bicyclic) bond motifs is 1. The van der Waals surface area contributed by atoms with Gasteiger partial charge in [-0.25, -0.2) is 4.63 Å². The van der Waals surface area contributed by atoms with Crippen molar-refractivity contribution in [1.29, 1.82) is 0 Å². The first-order valence-corrected chi connectivity index (χ1v) is 6.29. The van der Waals surface area contributed by atoms with E-state index in [1.54, 1.807) is 0 Å². The molecule has 2 N–H and O–H groups in total. The predicted octanol–water partition coefficient (Wildman–Crippen LogP) is 2.14. The van der Waals surface area contributed by atoms with Crippen LogP contribution >= 0.6 is 0 Å². The van der Waals surface area contributed by atoms with Crippen LogP contribution in [0, 0.1) is 6.92 Å². The van der Waals surface area contributed by atoms with Gasteiger partial charge in [-0.3, -0.25) is 4.98 Å². The Kier molecular flexibility index (Phi) is 2.98. The van der Waals surface area contributed by atoms with Crippen LogP contribution in [0.4, 0.5) is 11.4 Å². The quantitative estimate of drug-likeness (QED) is 0.734. The number of nitrogens with zero attached hydrogens (tertiary/aromatic N) is 4. The number of anilines is 2. The van der Waals surface area contributed by atoms with Crippen molar-refractivity contribution < 1.29 is 4.63 Å². The molecule has 2 aromatic heterocycles. The molecule has 0 amide bonds. The molecule has 0 atom stereocenters. The van der Waals surface area contributed by atoms with E-state index in [0.717, 1.165) is 17.1 Å². The Morgan fingerprint density at radius 2 is 1.95 bits per heavy atom. The van der Waals surface area contributed by atoms with E-state index in [2.05, 4.69) is 15.3 Å². The van der Waals surface area contributed by atoms with Crippen molar-refractivity contribution in [2.24, 2.45) is 0 Å². The number of benzene rings is 1. The zero-order valence-corrected chi connectivity index (χ0v) is 11.4. The van der Waals surface area contributed by atoms with Crippen molar-refractivity contribution in [3.05, 3.63) is 41.7 Å². The third-order valence-corrected chi connectivity index (χ3v) is 3.18. The van der Waals surface area contributed by atoms with Gasteiger partial charge < -0.3 is 10.6 Å². The molecule has 0 saturated carbocycles. The summed E-state index contributed by atoms with van der Waals surface area (Å²) in [7, 11) is 1.98. The fourth-order valence-electron chi connectivity index (χ4n) is 2.20. The first kappa shape index (κ1) is 12.4. The number of hydrogen-bond donors (Lipinski definition) is 1. The molecule has 3 rings (SSSR count). The van der Waals surface area contributed by atoms with E-state index in [1.165, 1.54) is 0 Å². The van der Waals surface area contributed by atoms with E-state index in [9.17, 15) is 0 Å². The Balaban J connectivity index is 1.95. The number of aryl methyl sites for hydroxylation is 1. The van der Waals surface area contributed by atoms with Crippen LogP contribution in [0.25, 0.3) is 11.0 Å². The fourth-order valence-corrected chi connectivity index (χ4v) is 2.20. The summed E-state index contributed by atoms with van der Waals surface area (Å²) in [4.78, 5) is 6.55. The molecule has 2 heterocycles. The third kappa shape index (κ3) is 2.16. The molecule has 6 nitrogen and oxygen atoms in total. The predicted molar refractivity (Wildman–Crippen MR) is 77.3 cm³/mol.